The number of phenols is 3. The van der Waals surface area contributed by atoms with Crippen molar-refractivity contribution in [2.24, 2.45) is 28.8 Å². The summed E-state index contributed by atoms with van der Waals surface area (Å²) < 4.78 is 47.9. The van der Waals surface area contributed by atoms with Crippen LogP contribution in [0.4, 0.5) is 15.8 Å². The van der Waals surface area contributed by atoms with Crippen molar-refractivity contribution in [2.75, 3.05) is 44.6 Å². The first kappa shape index (κ1) is 57.6. The number of aromatic hydroxyl groups is 3. The Morgan fingerprint density at radius 3 is 2.32 bits per heavy atom. The molecule has 4 aliphatic heterocycles. The largest absolute Gasteiger partial charge is 0.508 e. The number of Topliss-reactive ketones (excluding diaryl/α,β-unsaturated/α-hetero) is 1. The van der Waals surface area contributed by atoms with Gasteiger partial charge in [-0.25, -0.2) is 4.39 Å². The summed E-state index contributed by atoms with van der Waals surface area (Å²) in [5, 5.41) is 78.1. The van der Waals surface area contributed by atoms with Crippen molar-refractivity contribution in [1.82, 2.24) is 9.58 Å². The summed E-state index contributed by atoms with van der Waals surface area (Å²) in [6.07, 6.45) is 7.88. The van der Waals surface area contributed by atoms with Crippen LogP contribution < -0.4 is 25.1 Å². The highest BCUT2D eigenvalue weighted by Gasteiger charge is 2.50. The summed E-state index contributed by atoms with van der Waals surface area (Å²) in [5.41, 5.74) is -1.01. The molecular formula is C58H70FN5O15. The Labute approximate surface area is 456 Å². The molecule has 5 heterocycles. The number of allylic oxidation sites excluding steroid dienone is 2. The molecule has 20 nitrogen and oxygen atoms in total. The molecule has 0 radical (unpaired) electrons. The summed E-state index contributed by atoms with van der Waals surface area (Å²) in [6.45, 7) is 16.3. The fraction of sp³-hybridized carbons (Fsp3) is 0.466. The second-order valence-electron chi connectivity index (χ2n) is 21.4. The predicted molar refractivity (Wildman–Crippen MR) is 294 cm³/mol. The van der Waals surface area contributed by atoms with E-state index in [0.717, 1.165) is 25.2 Å². The highest BCUT2D eigenvalue weighted by Crippen LogP contribution is 2.55. The summed E-state index contributed by atoms with van der Waals surface area (Å²) in [6, 6.07) is 0.709. The molecule has 5 aliphatic rings. The first-order valence-electron chi connectivity index (χ1n) is 26.2. The number of phenolic OH excluding ortho intramolecular Hbond substituents is 3. The van der Waals surface area contributed by atoms with Gasteiger partial charge < -0.3 is 69.1 Å². The normalized spacial score (nSPS) is 28.4. The van der Waals surface area contributed by atoms with Crippen LogP contribution in [0.5, 0.6) is 28.7 Å². The topological polar surface area (TPSA) is 272 Å². The van der Waals surface area contributed by atoms with Crippen LogP contribution in [-0.2, 0) is 23.8 Å². The van der Waals surface area contributed by atoms with Gasteiger partial charge in [-0.15, -0.1) is 0 Å². The van der Waals surface area contributed by atoms with Crippen molar-refractivity contribution >= 4 is 62.7 Å². The number of halogens is 1. The minimum absolute atomic E-state index is 0.00692. The molecule has 10 atom stereocenters. The molecule has 1 amide bonds. The maximum absolute atomic E-state index is 16.4. The van der Waals surface area contributed by atoms with Gasteiger partial charge in [0.2, 0.25) is 5.43 Å². The highest BCUT2D eigenvalue weighted by molar-refractivity contribution is 6.24. The maximum atomic E-state index is 16.4. The van der Waals surface area contributed by atoms with Gasteiger partial charge in [-0.3, -0.25) is 24.2 Å². The molecule has 424 valence electrons. The molecule has 5 bridgehead atoms. The van der Waals surface area contributed by atoms with Crippen LogP contribution in [0.2, 0.25) is 0 Å². The van der Waals surface area contributed by atoms with Crippen molar-refractivity contribution < 1.29 is 73.1 Å². The number of methoxy groups -OCH3 is 2. The molecule has 1 aliphatic carbocycles. The van der Waals surface area contributed by atoms with E-state index in [4.69, 9.17) is 23.7 Å². The number of nitrogens with one attached hydrogen (secondary N) is 1. The Morgan fingerprint density at radius 2 is 1.68 bits per heavy atom. The van der Waals surface area contributed by atoms with E-state index in [1.54, 1.807) is 56.8 Å². The van der Waals surface area contributed by atoms with Crippen LogP contribution >= 0.6 is 0 Å². The number of hydrogen-bond donors (Lipinski definition) is 7. The molecule has 1 saturated carbocycles. The number of carbonyl (C=O) groups is 3. The van der Waals surface area contributed by atoms with Crippen molar-refractivity contribution in [3.05, 3.63) is 93.3 Å². The van der Waals surface area contributed by atoms with Gasteiger partial charge in [-0.1, -0.05) is 52.5 Å². The quantitative estimate of drug-likeness (QED) is 0.0212. The number of hydrogen-bond acceptors (Lipinski definition) is 18. The van der Waals surface area contributed by atoms with Crippen molar-refractivity contribution in [3.63, 3.8) is 0 Å². The lowest BCUT2D eigenvalue weighted by Gasteiger charge is -2.38. The first-order chi connectivity index (χ1) is 37.3. The average molecular weight is 1100 g/mol. The fourth-order valence-electron chi connectivity index (χ4n) is 11.1. The number of aromatic nitrogens is 1. The lowest BCUT2D eigenvalue weighted by atomic mass is 9.78. The molecule has 0 spiro atoms. The van der Waals surface area contributed by atoms with Crippen molar-refractivity contribution in [1.29, 1.82) is 0 Å². The second-order valence-corrected chi connectivity index (χ2v) is 21.4. The molecule has 1 saturated heterocycles. The minimum atomic E-state index is -2.14. The fourth-order valence-corrected chi connectivity index (χ4v) is 11.1. The van der Waals surface area contributed by atoms with Crippen molar-refractivity contribution in [2.45, 2.75) is 117 Å². The van der Waals surface area contributed by atoms with Crippen LogP contribution in [-0.4, -0.2) is 135 Å². The number of fused-ring (bicyclic) bond motifs is 15. The molecule has 3 aromatic carbocycles. The van der Waals surface area contributed by atoms with Gasteiger partial charge in [-0.2, -0.15) is 5.10 Å². The van der Waals surface area contributed by atoms with Gasteiger partial charge in [0.05, 0.1) is 82.6 Å². The molecular weight excluding hydrogens is 1030 g/mol. The van der Waals surface area contributed by atoms with Crippen LogP contribution in [0.15, 0.2) is 64.9 Å². The molecule has 9 rings (SSSR count). The standard InChI is InChI=1S/C58H70FN5O15/c1-26-14-13-15-27(2)57(74)61-44-37(23-60-62(10)35-18-20-63(24-35)46-39(59)22-36-45(55(46)76-12)64(34-16-17-34)25-38(32(7)65)50(36)70)51(71)41-42(52(44)72)49(69)31(6)54-43(41)56(73)58(9,79-54)77-21-19-40(75-11)28(3)53(78-33(8)66)30(5)48(68)29(4)47(26)67/h13-15,19,21-23,25-26,28-30,34-35,40,47-48,53,65,67-69,71-72H,7,16-18,20,24H2,1-6,8-12H3,(H,61,74)/b14-13+,21-19+,27-15-,60-23-/t26-,28+,29+,30+,35?,40-,47-,48+,53+,58-/m0/s1. The van der Waals surface area contributed by atoms with Crippen LogP contribution in [0, 0.1) is 36.4 Å². The summed E-state index contributed by atoms with van der Waals surface area (Å²) in [7, 11) is 4.44. The van der Waals surface area contributed by atoms with E-state index in [-0.39, 0.29) is 74.1 Å². The number of hydrazone groups is 1. The third kappa shape index (κ3) is 10.5. The molecule has 79 heavy (non-hydrogen) atoms. The third-order valence-electron chi connectivity index (χ3n) is 16.1. The van der Waals surface area contributed by atoms with Crippen molar-refractivity contribution in [3.8, 4) is 28.7 Å². The summed E-state index contributed by atoms with van der Waals surface area (Å²) in [4.78, 5) is 56.7. The molecule has 21 heteroatoms. The second kappa shape index (κ2) is 22.3. The first-order valence-corrected chi connectivity index (χ1v) is 26.2. The number of benzene rings is 3. The monoisotopic (exact) mass is 1100 g/mol. The average Bonchev–Trinajstić information content (AvgIpc) is 4.12. The number of ether oxygens (including phenoxy) is 5. The number of nitrogens with zero attached hydrogens (tertiary/aromatic N) is 4. The maximum Gasteiger partial charge on any atom is 0.312 e. The van der Waals surface area contributed by atoms with Gasteiger partial charge >= 0.3 is 11.8 Å². The number of aliphatic hydroxyl groups is 3. The Kier molecular flexibility index (Phi) is 16.2. The highest BCUT2D eigenvalue weighted by atomic mass is 19.1. The van der Waals surface area contributed by atoms with E-state index >= 15 is 4.39 Å². The van der Waals surface area contributed by atoms with Gasteiger partial charge in [0, 0.05) is 93.5 Å². The van der Waals surface area contributed by atoms with E-state index in [0.29, 0.717) is 18.5 Å². The Bertz CT molecular complexity index is 3330. The summed E-state index contributed by atoms with van der Waals surface area (Å²) >= 11 is 0. The van der Waals surface area contributed by atoms with Gasteiger partial charge in [-0.05, 0) is 45.3 Å². The number of pyridine rings is 1. The summed E-state index contributed by atoms with van der Waals surface area (Å²) in [5.74, 6) is -10.3. The number of rotatable bonds is 9. The molecule has 1 unspecified atom stereocenters. The van der Waals surface area contributed by atoms with Crippen LogP contribution in [0.25, 0.3) is 27.4 Å². The predicted octanol–water partition coefficient (Wildman–Crippen LogP) is 7.62. The number of aliphatic hydroxyl groups excluding tert-OH is 3. The molecule has 7 N–H and O–H groups in total. The number of amides is 1. The lowest BCUT2D eigenvalue weighted by molar-refractivity contribution is -0.160. The molecule has 1 aromatic heterocycles. The number of esters is 1. The Hall–Kier alpha value is -7.62. The van der Waals surface area contributed by atoms with Gasteiger partial charge in [0.25, 0.3) is 11.7 Å². The smallest absolute Gasteiger partial charge is 0.312 e. The zero-order valence-electron chi connectivity index (χ0n) is 46.2. The van der Waals surface area contributed by atoms with E-state index in [2.05, 4.69) is 17.0 Å². The van der Waals surface area contributed by atoms with Gasteiger partial charge in [0.1, 0.15) is 34.8 Å². The molecule has 2 fully saturated rings. The number of carbonyl (C=O) groups excluding carboxylic acids is 3. The Balaban J connectivity index is 1.21. The van der Waals surface area contributed by atoms with E-state index in [1.165, 1.54) is 66.5 Å². The SMILES string of the molecule is C=C(O)c1cn(C2CC2)c2c(OC)c(N3CCC(N(C)/N=C\c4c5c(O)c6c(O)c(C)c7c(c6c4O)C(=O)[C@@](C)(O/C=C/[C@H](OC)[C@@H](C)[C@@H](OC(C)=O)[C@H](C)[C@H](O)[C@H](C)[C@@H](O)[C@@H](C)/C=C/C=C(/C)C(=O)N5)O7)C3)c(F)cc2c1=O. The van der Waals surface area contributed by atoms with E-state index in [1.807, 2.05) is 4.57 Å². The number of anilines is 2. The number of likely N-dealkylation sites (N-methyl/N-ethyl adjacent to an activating group) is 1. The van der Waals surface area contributed by atoms with E-state index < -0.39 is 117 Å². The van der Waals surface area contributed by atoms with E-state index in [9.17, 15) is 49.8 Å². The minimum Gasteiger partial charge on any atom is -0.508 e. The number of ketones is 1. The zero-order chi connectivity index (χ0) is 57.8. The van der Waals surface area contributed by atoms with Gasteiger partial charge in [0.15, 0.2) is 17.3 Å². The molecule has 4 aromatic rings. The zero-order valence-corrected chi connectivity index (χ0v) is 46.2. The Morgan fingerprint density at radius 1 is 0.987 bits per heavy atom. The van der Waals surface area contributed by atoms with Crippen LogP contribution in [0.1, 0.15) is 101 Å². The lowest BCUT2D eigenvalue weighted by Crippen LogP contribution is -2.46. The third-order valence-corrected chi connectivity index (χ3v) is 16.1. The van der Waals surface area contributed by atoms with Crippen LogP contribution in [0.3, 0.4) is 0 Å².